The Balaban J connectivity index is 2.21. The van der Waals surface area contributed by atoms with Crippen LogP contribution in [0.15, 0.2) is 42.5 Å². The smallest absolute Gasteiger partial charge is 0.335 e. The number of carbonyl (C=O) groups excluding carboxylic acids is 1. The molecule has 0 spiro atoms. The van der Waals surface area contributed by atoms with E-state index in [1.54, 1.807) is 37.3 Å². The first kappa shape index (κ1) is 13.6. The van der Waals surface area contributed by atoms with Crippen LogP contribution < -0.4 is 10.5 Å². The average molecular weight is 271 g/mol. The number of aromatic carboxylic acids is 1. The number of hydrogen-bond donors (Lipinski definition) is 2. The number of ether oxygens (including phenoxy) is 1. The van der Waals surface area contributed by atoms with Gasteiger partial charge in [-0.15, -0.1) is 0 Å². The van der Waals surface area contributed by atoms with Crippen molar-refractivity contribution in [2.75, 3.05) is 0 Å². The molecule has 0 bridgehead atoms. The molecular formula is C15H13NO4. The summed E-state index contributed by atoms with van der Waals surface area (Å²) < 4.78 is 5.63. The molecule has 0 aliphatic carbocycles. The van der Waals surface area contributed by atoms with E-state index in [0.717, 1.165) is 0 Å². The molecule has 2 aromatic rings. The highest BCUT2D eigenvalue weighted by atomic mass is 16.5. The van der Waals surface area contributed by atoms with Crippen molar-refractivity contribution in [1.29, 1.82) is 0 Å². The first-order valence-electron chi connectivity index (χ1n) is 5.89. The highest BCUT2D eigenvalue weighted by Crippen LogP contribution is 2.26. The van der Waals surface area contributed by atoms with Gasteiger partial charge in [0.25, 0.3) is 0 Å². The third kappa shape index (κ3) is 2.95. The maximum absolute atomic E-state index is 11.0. The summed E-state index contributed by atoms with van der Waals surface area (Å²) in [5.41, 5.74) is 6.47. The largest absolute Gasteiger partial charge is 0.478 e. The fraction of sp³-hybridized carbons (Fsp3) is 0.0667. The number of benzene rings is 2. The van der Waals surface area contributed by atoms with E-state index in [9.17, 15) is 9.59 Å². The molecule has 1 amide bonds. The maximum Gasteiger partial charge on any atom is 0.335 e. The summed E-state index contributed by atoms with van der Waals surface area (Å²) >= 11 is 0. The molecule has 0 aliphatic heterocycles. The lowest BCUT2D eigenvalue weighted by Crippen LogP contribution is -2.10. The van der Waals surface area contributed by atoms with E-state index in [4.69, 9.17) is 15.6 Å². The summed E-state index contributed by atoms with van der Waals surface area (Å²) in [6.45, 7) is 1.76. The number of amides is 1. The number of carbonyl (C=O) groups is 2. The number of hydrogen-bond acceptors (Lipinski definition) is 3. The molecule has 102 valence electrons. The van der Waals surface area contributed by atoms with Crippen LogP contribution in [0.3, 0.4) is 0 Å². The molecule has 0 saturated heterocycles. The molecule has 0 heterocycles. The lowest BCUT2D eigenvalue weighted by Gasteiger charge is -2.09. The molecule has 5 nitrogen and oxygen atoms in total. The Morgan fingerprint density at radius 2 is 1.65 bits per heavy atom. The van der Waals surface area contributed by atoms with Gasteiger partial charge >= 0.3 is 5.97 Å². The van der Waals surface area contributed by atoms with Gasteiger partial charge in [0.1, 0.15) is 11.5 Å². The Bertz CT molecular complexity index is 662. The Labute approximate surface area is 115 Å². The van der Waals surface area contributed by atoms with E-state index in [2.05, 4.69) is 0 Å². The zero-order valence-corrected chi connectivity index (χ0v) is 10.8. The number of rotatable bonds is 4. The van der Waals surface area contributed by atoms with Gasteiger partial charge in [0.15, 0.2) is 0 Å². The molecule has 0 radical (unpaired) electrons. The van der Waals surface area contributed by atoms with Gasteiger partial charge in [-0.2, -0.15) is 0 Å². The molecule has 20 heavy (non-hydrogen) atoms. The Morgan fingerprint density at radius 1 is 1.05 bits per heavy atom. The number of nitrogens with two attached hydrogens (primary N) is 1. The van der Waals surface area contributed by atoms with E-state index in [-0.39, 0.29) is 5.56 Å². The molecule has 0 aromatic heterocycles. The highest BCUT2D eigenvalue weighted by molar-refractivity contribution is 5.92. The lowest BCUT2D eigenvalue weighted by molar-refractivity contribution is 0.0696. The molecule has 2 aromatic carbocycles. The number of primary amides is 1. The van der Waals surface area contributed by atoms with Crippen molar-refractivity contribution in [3.63, 3.8) is 0 Å². The average Bonchev–Trinajstić information content (AvgIpc) is 2.41. The van der Waals surface area contributed by atoms with E-state index in [1.807, 2.05) is 0 Å². The molecule has 0 atom stereocenters. The first-order chi connectivity index (χ1) is 9.47. The van der Waals surface area contributed by atoms with Crippen molar-refractivity contribution >= 4 is 11.9 Å². The van der Waals surface area contributed by atoms with E-state index >= 15 is 0 Å². The Kier molecular flexibility index (Phi) is 3.70. The zero-order valence-electron chi connectivity index (χ0n) is 10.8. The van der Waals surface area contributed by atoms with Crippen molar-refractivity contribution in [2.45, 2.75) is 6.92 Å². The number of aryl methyl sites for hydroxylation is 1. The lowest BCUT2D eigenvalue weighted by atomic mass is 10.1. The third-order valence-corrected chi connectivity index (χ3v) is 2.79. The normalized spacial score (nSPS) is 10.1. The van der Waals surface area contributed by atoms with Gasteiger partial charge < -0.3 is 15.6 Å². The SMILES string of the molecule is Cc1cc(C(=O)O)ccc1Oc1ccc(C(N)=O)cc1. The predicted octanol–water partition coefficient (Wildman–Crippen LogP) is 2.58. The van der Waals surface area contributed by atoms with E-state index in [1.165, 1.54) is 12.1 Å². The Morgan fingerprint density at radius 3 is 2.15 bits per heavy atom. The zero-order chi connectivity index (χ0) is 14.7. The minimum atomic E-state index is -0.981. The second-order valence-electron chi connectivity index (χ2n) is 4.28. The van der Waals surface area contributed by atoms with Crippen LogP contribution in [-0.2, 0) is 0 Å². The van der Waals surface area contributed by atoms with Gasteiger partial charge in [-0.1, -0.05) is 0 Å². The van der Waals surface area contributed by atoms with Crippen molar-refractivity contribution in [3.05, 3.63) is 59.2 Å². The van der Waals surface area contributed by atoms with Gasteiger partial charge in [0.05, 0.1) is 5.56 Å². The second kappa shape index (κ2) is 5.44. The van der Waals surface area contributed by atoms with Crippen molar-refractivity contribution in [1.82, 2.24) is 0 Å². The summed E-state index contributed by atoms with van der Waals surface area (Å²) in [5, 5.41) is 8.89. The minimum absolute atomic E-state index is 0.207. The van der Waals surface area contributed by atoms with E-state index < -0.39 is 11.9 Å². The molecule has 0 saturated carbocycles. The van der Waals surface area contributed by atoms with Crippen molar-refractivity contribution < 1.29 is 19.4 Å². The fourth-order valence-corrected chi connectivity index (χ4v) is 1.71. The van der Waals surface area contributed by atoms with Gasteiger partial charge in [0.2, 0.25) is 5.91 Å². The second-order valence-corrected chi connectivity index (χ2v) is 4.28. The molecule has 0 unspecified atom stereocenters. The van der Waals surface area contributed by atoms with Crippen LogP contribution in [0.25, 0.3) is 0 Å². The molecule has 0 aliphatic rings. The van der Waals surface area contributed by atoms with E-state index in [0.29, 0.717) is 22.6 Å². The van der Waals surface area contributed by atoms with Gasteiger partial charge in [-0.25, -0.2) is 4.79 Å². The number of carboxylic acids is 1. The van der Waals surface area contributed by atoms with Gasteiger partial charge in [-0.3, -0.25) is 4.79 Å². The van der Waals surface area contributed by atoms with Crippen molar-refractivity contribution in [3.8, 4) is 11.5 Å². The third-order valence-electron chi connectivity index (χ3n) is 2.79. The quantitative estimate of drug-likeness (QED) is 0.894. The van der Waals surface area contributed by atoms with Crippen LogP contribution in [0.2, 0.25) is 0 Å². The highest BCUT2D eigenvalue weighted by Gasteiger charge is 2.07. The molecule has 0 fully saturated rings. The monoisotopic (exact) mass is 271 g/mol. The van der Waals surface area contributed by atoms with Crippen LogP contribution >= 0.6 is 0 Å². The maximum atomic E-state index is 11.0. The summed E-state index contributed by atoms with van der Waals surface area (Å²) in [5.74, 6) is -0.382. The molecule has 3 N–H and O–H groups in total. The standard InChI is InChI=1S/C15H13NO4/c1-9-8-11(15(18)19)4-7-13(9)20-12-5-2-10(3-6-12)14(16)17/h2-8H,1H3,(H2,16,17)(H,18,19). The van der Waals surface area contributed by atoms with Crippen LogP contribution in [-0.4, -0.2) is 17.0 Å². The van der Waals surface area contributed by atoms with Crippen LogP contribution in [0.4, 0.5) is 0 Å². The topological polar surface area (TPSA) is 89.6 Å². The Hall–Kier alpha value is -2.82. The molecule has 5 heteroatoms. The summed E-state index contributed by atoms with van der Waals surface area (Å²) in [6.07, 6.45) is 0. The van der Waals surface area contributed by atoms with Gasteiger partial charge in [-0.05, 0) is 55.0 Å². The summed E-state index contributed by atoms with van der Waals surface area (Å²) in [4.78, 5) is 21.8. The summed E-state index contributed by atoms with van der Waals surface area (Å²) in [7, 11) is 0. The first-order valence-corrected chi connectivity index (χ1v) is 5.89. The number of carboxylic acid groups (broad SMARTS) is 1. The predicted molar refractivity (Wildman–Crippen MR) is 73.2 cm³/mol. The molecule has 2 rings (SSSR count). The van der Waals surface area contributed by atoms with Crippen LogP contribution in [0.5, 0.6) is 11.5 Å². The summed E-state index contributed by atoms with van der Waals surface area (Å²) in [6, 6.07) is 11.0. The van der Waals surface area contributed by atoms with Gasteiger partial charge in [0, 0.05) is 5.56 Å². The molecular weight excluding hydrogens is 258 g/mol. The fourth-order valence-electron chi connectivity index (χ4n) is 1.71. The van der Waals surface area contributed by atoms with Crippen LogP contribution in [0.1, 0.15) is 26.3 Å². The van der Waals surface area contributed by atoms with Crippen molar-refractivity contribution in [2.24, 2.45) is 5.73 Å². The van der Waals surface area contributed by atoms with Crippen LogP contribution in [0, 0.1) is 6.92 Å². The minimum Gasteiger partial charge on any atom is -0.478 e.